The van der Waals surface area contributed by atoms with Gasteiger partial charge in [0.25, 0.3) is 0 Å². The fraction of sp³-hybridized carbons (Fsp3) is 0.444. The second-order valence-corrected chi connectivity index (χ2v) is 5.82. The molecule has 0 radical (unpaired) electrons. The number of methoxy groups -OCH3 is 2. The van der Waals surface area contributed by atoms with Gasteiger partial charge in [0.1, 0.15) is 18.1 Å². The van der Waals surface area contributed by atoms with Crippen molar-refractivity contribution in [3.63, 3.8) is 0 Å². The van der Waals surface area contributed by atoms with Crippen LogP contribution in [0.5, 0.6) is 17.2 Å². The Bertz CT molecular complexity index is 711. The van der Waals surface area contributed by atoms with Crippen LogP contribution in [0.1, 0.15) is 12.8 Å². The highest BCUT2D eigenvalue weighted by atomic mass is 16.5. The molecule has 3 rings (SSSR count). The molecule has 1 aromatic heterocycles. The summed E-state index contributed by atoms with van der Waals surface area (Å²) in [6.07, 6.45) is 4.66. The van der Waals surface area contributed by atoms with Crippen LogP contribution in [-0.2, 0) is 4.79 Å². The number of carbonyl (C=O) groups excluding carboxylic acids is 1. The lowest BCUT2D eigenvalue weighted by atomic mass is 10.1. The summed E-state index contributed by atoms with van der Waals surface area (Å²) in [5.41, 5.74) is 0.809. The van der Waals surface area contributed by atoms with Gasteiger partial charge in [0, 0.05) is 30.7 Å². The first-order chi connectivity index (χ1) is 11.7. The Labute approximate surface area is 141 Å². The molecular weight excluding hydrogens is 308 g/mol. The standard InChI is InChI=1S/C18H22N2O4/c1-22-17-11-14-15(12-18(17)23-2)19-6-3-16(14)24-13-4-7-20(8-5-13)9-10-21/h3,6,10-13H,4-5,7-9H2,1-2H3. The zero-order valence-electron chi connectivity index (χ0n) is 14.0. The highest BCUT2D eigenvalue weighted by Crippen LogP contribution is 2.36. The minimum absolute atomic E-state index is 0.145. The Morgan fingerprint density at radius 1 is 1.17 bits per heavy atom. The van der Waals surface area contributed by atoms with Crippen LogP contribution in [-0.4, -0.2) is 56.1 Å². The van der Waals surface area contributed by atoms with Gasteiger partial charge in [-0.25, -0.2) is 0 Å². The highest BCUT2D eigenvalue weighted by Gasteiger charge is 2.21. The minimum Gasteiger partial charge on any atom is -0.493 e. The van der Waals surface area contributed by atoms with Crippen LogP contribution in [0, 0.1) is 0 Å². The second-order valence-electron chi connectivity index (χ2n) is 5.82. The van der Waals surface area contributed by atoms with Gasteiger partial charge in [-0.1, -0.05) is 0 Å². The number of aldehydes is 1. The van der Waals surface area contributed by atoms with Crippen LogP contribution in [0.4, 0.5) is 0 Å². The summed E-state index contributed by atoms with van der Waals surface area (Å²) >= 11 is 0. The third kappa shape index (κ3) is 3.43. The number of fused-ring (bicyclic) bond motifs is 1. The van der Waals surface area contributed by atoms with E-state index in [0.29, 0.717) is 18.0 Å². The molecule has 1 aliphatic heterocycles. The topological polar surface area (TPSA) is 60.9 Å². The van der Waals surface area contributed by atoms with Crippen LogP contribution < -0.4 is 14.2 Å². The van der Waals surface area contributed by atoms with Crippen molar-refractivity contribution in [2.45, 2.75) is 18.9 Å². The largest absolute Gasteiger partial charge is 0.493 e. The molecule has 0 saturated carbocycles. The van der Waals surface area contributed by atoms with Gasteiger partial charge >= 0.3 is 0 Å². The fourth-order valence-corrected chi connectivity index (χ4v) is 3.04. The molecule has 0 amide bonds. The maximum Gasteiger partial charge on any atom is 0.162 e. The van der Waals surface area contributed by atoms with Crippen LogP contribution in [0.15, 0.2) is 24.4 Å². The molecule has 0 bridgehead atoms. The summed E-state index contributed by atoms with van der Waals surface area (Å²) in [4.78, 5) is 17.1. The van der Waals surface area contributed by atoms with E-state index >= 15 is 0 Å². The summed E-state index contributed by atoms with van der Waals surface area (Å²) in [7, 11) is 3.22. The highest BCUT2D eigenvalue weighted by molar-refractivity contribution is 5.88. The van der Waals surface area contributed by atoms with Gasteiger partial charge < -0.3 is 19.0 Å². The number of piperidine rings is 1. The lowest BCUT2D eigenvalue weighted by Crippen LogP contribution is -2.39. The number of hydrogen-bond acceptors (Lipinski definition) is 6. The van der Waals surface area contributed by atoms with Crippen LogP contribution in [0.3, 0.4) is 0 Å². The number of benzene rings is 1. The van der Waals surface area contributed by atoms with Crippen LogP contribution >= 0.6 is 0 Å². The molecule has 128 valence electrons. The summed E-state index contributed by atoms with van der Waals surface area (Å²) in [5.74, 6) is 2.11. The molecule has 1 aliphatic rings. The van der Waals surface area contributed by atoms with E-state index in [2.05, 4.69) is 9.88 Å². The predicted molar refractivity (Wildman–Crippen MR) is 91.0 cm³/mol. The van der Waals surface area contributed by atoms with Gasteiger partial charge in [-0.15, -0.1) is 0 Å². The fourth-order valence-electron chi connectivity index (χ4n) is 3.04. The summed E-state index contributed by atoms with van der Waals surface area (Å²) < 4.78 is 16.9. The molecule has 1 fully saturated rings. The smallest absolute Gasteiger partial charge is 0.162 e. The SMILES string of the molecule is COc1cc2nccc(OC3CCN(CC=O)CC3)c2cc1OC. The van der Waals surface area contributed by atoms with Gasteiger partial charge in [0.05, 0.1) is 26.3 Å². The first kappa shape index (κ1) is 16.5. The summed E-state index contributed by atoms with van der Waals surface area (Å²) in [6.45, 7) is 2.26. The molecule has 1 saturated heterocycles. The van der Waals surface area contributed by atoms with E-state index in [4.69, 9.17) is 14.2 Å². The number of ether oxygens (including phenoxy) is 3. The van der Waals surface area contributed by atoms with E-state index in [-0.39, 0.29) is 6.10 Å². The zero-order chi connectivity index (χ0) is 16.9. The third-order valence-electron chi connectivity index (χ3n) is 4.37. The number of pyridine rings is 1. The average Bonchev–Trinajstić information content (AvgIpc) is 2.62. The number of carbonyl (C=O) groups is 1. The number of aromatic nitrogens is 1. The van der Waals surface area contributed by atoms with Crippen LogP contribution in [0.25, 0.3) is 10.9 Å². The van der Waals surface area contributed by atoms with Gasteiger partial charge in [0.15, 0.2) is 11.5 Å². The van der Waals surface area contributed by atoms with Crippen molar-refractivity contribution in [1.82, 2.24) is 9.88 Å². The normalized spacial score (nSPS) is 16.1. The van der Waals surface area contributed by atoms with Crippen molar-refractivity contribution in [3.05, 3.63) is 24.4 Å². The Morgan fingerprint density at radius 3 is 2.54 bits per heavy atom. The predicted octanol–water partition coefficient (Wildman–Crippen LogP) is 2.29. The lowest BCUT2D eigenvalue weighted by Gasteiger charge is -2.31. The zero-order valence-corrected chi connectivity index (χ0v) is 14.0. The molecule has 2 aromatic rings. The van der Waals surface area contributed by atoms with Crippen LogP contribution in [0.2, 0.25) is 0 Å². The number of nitrogens with zero attached hydrogens (tertiary/aromatic N) is 2. The monoisotopic (exact) mass is 330 g/mol. The summed E-state index contributed by atoms with van der Waals surface area (Å²) in [6, 6.07) is 5.64. The second kappa shape index (κ2) is 7.49. The van der Waals surface area contributed by atoms with Crippen molar-refractivity contribution < 1.29 is 19.0 Å². The van der Waals surface area contributed by atoms with Crippen molar-refractivity contribution >= 4 is 17.2 Å². The number of likely N-dealkylation sites (tertiary alicyclic amines) is 1. The molecule has 0 atom stereocenters. The molecule has 1 aromatic carbocycles. The Balaban J connectivity index is 1.81. The van der Waals surface area contributed by atoms with Gasteiger partial charge in [0.2, 0.25) is 0 Å². The average molecular weight is 330 g/mol. The first-order valence-electron chi connectivity index (χ1n) is 8.08. The molecule has 0 N–H and O–H groups in total. The van der Waals surface area contributed by atoms with Gasteiger partial charge in [-0.05, 0) is 25.0 Å². The number of rotatable bonds is 6. The quantitative estimate of drug-likeness (QED) is 0.758. The molecule has 0 unspecified atom stereocenters. The van der Waals surface area contributed by atoms with E-state index in [9.17, 15) is 4.79 Å². The molecular formula is C18H22N2O4. The van der Waals surface area contributed by atoms with E-state index in [1.165, 1.54) is 0 Å². The maximum absolute atomic E-state index is 10.6. The molecule has 0 spiro atoms. The van der Waals surface area contributed by atoms with Crippen molar-refractivity contribution in [1.29, 1.82) is 0 Å². The van der Waals surface area contributed by atoms with E-state index < -0.39 is 0 Å². The third-order valence-corrected chi connectivity index (χ3v) is 4.37. The molecule has 24 heavy (non-hydrogen) atoms. The molecule has 6 nitrogen and oxygen atoms in total. The molecule has 2 heterocycles. The lowest BCUT2D eigenvalue weighted by molar-refractivity contribution is -0.109. The van der Waals surface area contributed by atoms with Crippen molar-refractivity contribution in [2.75, 3.05) is 33.9 Å². The maximum atomic E-state index is 10.6. The minimum atomic E-state index is 0.145. The Morgan fingerprint density at radius 2 is 1.88 bits per heavy atom. The van der Waals surface area contributed by atoms with Gasteiger partial charge in [-0.2, -0.15) is 0 Å². The van der Waals surface area contributed by atoms with E-state index in [0.717, 1.165) is 48.9 Å². The molecule has 6 heteroatoms. The Kier molecular flexibility index (Phi) is 5.15. The Hall–Kier alpha value is -2.34. The first-order valence-corrected chi connectivity index (χ1v) is 8.08. The van der Waals surface area contributed by atoms with Crippen molar-refractivity contribution in [3.8, 4) is 17.2 Å². The summed E-state index contributed by atoms with van der Waals surface area (Å²) in [5, 5.41) is 0.908. The number of hydrogen-bond donors (Lipinski definition) is 0. The van der Waals surface area contributed by atoms with E-state index in [1.54, 1.807) is 20.4 Å². The van der Waals surface area contributed by atoms with Gasteiger partial charge in [-0.3, -0.25) is 9.88 Å². The van der Waals surface area contributed by atoms with Crippen molar-refractivity contribution in [2.24, 2.45) is 0 Å². The van der Waals surface area contributed by atoms with E-state index in [1.807, 2.05) is 18.2 Å². The molecule has 0 aliphatic carbocycles.